The summed E-state index contributed by atoms with van der Waals surface area (Å²) in [4.78, 5) is 61.1. The van der Waals surface area contributed by atoms with E-state index in [9.17, 15) is 19.2 Å². The van der Waals surface area contributed by atoms with Gasteiger partial charge in [-0.05, 0) is 87.6 Å². The maximum absolute atomic E-state index is 13.4. The molecule has 3 fully saturated rings. The number of nitrogens with one attached hydrogen (secondary N) is 2. The van der Waals surface area contributed by atoms with Crippen molar-refractivity contribution in [2.45, 2.75) is 69.4 Å². The fourth-order valence-corrected chi connectivity index (χ4v) is 8.55. The number of rotatable bonds is 8. The van der Waals surface area contributed by atoms with Crippen LogP contribution in [0.4, 0.5) is 5.69 Å². The summed E-state index contributed by atoms with van der Waals surface area (Å²) < 4.78 is 10.9. The van der Waals surface area contributed by atoms with Crippen LogP contribution in [-0.2, 0) is 16.6 Å². The number of aromatic nitrogens is 6. The molecule has 5 aromatic rings. The van der Waals surface area contributed by atoms with Crippen molar-refractivity contribution in [3.05, 3.63) is 76.9 Å². The number of para-hydroxylation sites is 1. The van der Waals surface area contributed by atoms with Gasteiger partial charge >= 0.3 is 5.69 Å². The number of fused-ring (bicyclic) bond motifs is 2. The fraction of sp³-hybridized carbons (Fsp3) is 0.447. The third-order valence-corrected chi connectivity index (χ3v) is 11.3. The van der Waals surface area contributed by atoms with Crippen LogP contribution in [0.15, 0.2) is 60.0 Å². The maximum Gasteiger partial charge on any atom is 0.329 e. The van der Waals surface area contributed by atoms with Crippen LogP contribution >= 0.6 is 0 Å². The first kappa shape index (κ1) is 33.8. The Labute approximate surface area is 300 Å². The molecule has 1 saturated carbocycles. The van der Waals surface area contributed by atoms with E-state index in [1.54, 1.807) is 23.3 Å². The normalized spacial score (nSPS) is 21.8. The van der Waals surface area contributed by atoms with Gasteiger partial charge in [-0.1, -0.05) is 12.1 Å². The van der Waals surface area contributed by atoms with E-state index >= 15 is 0 Å². The van der Waals surface area contributed by atoms with Gasteiger partial charge < -0.3 is 15.0 Å². The number of hydrogen-bond acceptors (Lipinski definition) is 9. The zero-order valence-corrected chi connectivity index (χ0v) is 29.5. The van der Waals surface area contributed by atoms with Gasteiger partial charge in [-0.15, -0.1) is 0 Å². The summed E-state index contributed by atoms with van der Waals surface area (Å²) in [6.07, 6.45) is 13.4. The molecule has 14 heteroatoms. The van der Waals surface area contributed by atoms with Gasteiger partial charge in [0.25, 0.3) is 5.91 Å². The largest absolute Gasteiger partial charge is 0.494 e. The van der Waals surface area contributed by atoms with Crippen LogP contribution in [-0.4, -0.2) is 78.2 Å². The van der Waals surface area contributed by atoms with Crippen molar-refractivity contribution >= 4 is 45.3 Å². The number of methoxy groups -OCH3 is 1. The molecule has 2 saturated heterocycles. The molecule has 3 amide bonds. The van der Waals surface area contributed by atoms with E-state index in [1.807, 2.05) is 24.3 Å². The second-order valence-corrected chi connectivity index (χ2v) is 14.4. The number of likely N-dealkylation sites (tertiary alicyclic amines) is 1. The summed E-state index contributed by atoms with van der Waals surface area (Å²) >= 11 is 0. The Morgan fingerprint density at radius 1 is 1.00 bits per heavy atom. The zero-order chi connectivity index (χ0) is 35.9. The summed E-state index contributed by atoms with van der Waals surface area (Å²) in [6, 6.07) is 9.44. The molecule has 5 heterocycles. The number of aryl methyl sites for hydroxylation is 1. The topological polar surface area (TPSA) is 158 Å². The van der Waals surface area contributed by atoms with Gasteiger partial charge in [-0.25, -0.2) is 14.8 Å². The van der Waals surface area contributed by atoms with E-state index in [4.69, 9.17) is 9.84 Å². The van der Waals surface area contributed by atoms with Crippen molar-refractivity contribution < 1.29 is 19.1 Å². The van der Waals surface area contributed by atoms with Crippen LogP contribution in [0, 0.1) is 5.92 Å². The van der Waals surface area contributed by atoms with E-state index < -0.39 is 11.9 Å². The SMILES string of the molecule is COc1cc2nn([C@H]3CC[C@H](CN4CCC(c5cccc6c5n(C)c(=O)n6C5CCC(=O)NC5=O)CC4)CC3)cc2cc1NC(=O)c1cncnc1. The summed E-state index contributed by atoms with van der Waals surface area (Å²) in [7, 11) is 3.36. The minimum absolute atomic E-state index is 0.221. The molecule has 0 spiro atoms. The molecule has 14 nitrogen and oxygen atoms in total. The lowest BCUT2D eigenvalue weighted by molar-refractivity contribution is -0.135. The smallest absolute Gasteiger partial charge is 0.329 e. The molecule has 1 unspecified atom stereocenters. The number of anilines is 1. The van der Waals surface area contributed by atoms with Crippen molar-refractivity contribution in [1.82, 2.24) is 39.1 Å². The van der Waals surface area contributed by atoms with Crippen molar-refractivity contribution in [3.8, 4) is 5.75 Å². The highest BCUT2D eigenvalue weighted by Crippen LogP contribution is 2.38. The number of ether oxygens (including phenoxy) is 1. The number of amides is 3. The van der Waals surface area contributed by atoms with Crippen molar-refractivity contribution in [3.63, 3.8) is 0 Å². The van der Waals surface area contributed by atoms with Gasteiger partial charge in [-0.2, -0.15) is 5.10 Å². The molecule has 1 atom stereocenters. The number of benzene rings is 2. The number of carbonyl (C=O) groups is 3. The number of piperidine rings is 2. The Kier molecular flexibility index (Phi) is 9.08. The summed E-state index contributed by atoms with van der Waals surface area (Å²) in [6.45, 7) is 3.10. The van der Waals surface area contributed by atoms with Crippen LogP contribution < -0.4 is 21.1 Å². The van der Waals surface area contributed by atoms with Gasteiger partial charge in [0, 0.05) is 50.1 Å². The summed E-state index contributed by atoms with van der Waals surface area (Å²) in [5.74, 6) is 0.498. The highest BCUT2D eigenvalue weighted by molar-refractivity contribution is 6.06. The molecule has 1 aliphatic carbocycles. The third-order valence-electron chi connectivity index (χ3n) is 11.3. The molecule has 0 radical (unpaired) electrons. The molecule has 270 valence electrons. The van der Waals surface area contributed by atoms with E-state index in [0.717, 1.165) is 85.7 Å². The van der Waals surface area contributed by atoms with E-state index in [-0.39, 0.29) is 23.9 Å². The van der Waals surface area contributed by atoms with Gasteiger partial charge in [0.05, 0.1) is 41.0 Å². The lowest BCUT2D eigenvalue weighted by Gasteiger charge is -2.37. The van der Waals surface area contributed by atoms with Gasteiger partial charge in [0.15, 0.2) is 0 Å². The Morgan fingerprint density at radius 2 is 1.77 bits per heavy atom. The quantitative estimate of drug-likeness (QED) is 0.224. The predicted octanol–water partition coefficient (Wildman–Crippen LogP) is 4.33. The Hall–Kier alpha value is -5.37. The number of nitrogens with zero attached hydrogens (tertiary/aromatic N) is 7. The standard InChI is InChI=1S/C38H43N9O5/c1-44-35-28(4-3-5-31(35)47(38(44)51)32-10-11-34(48)42-37(32)50)24-12-14-45(15-13-24)20-23-6-8-27(9-7-23)46-21-25-16-30(33(52-2)17-29(25)43-46)41-36(49)26-18-39-22-40-19-26/h3-5,16-19,21-24,27,32H,6-15,20H2,1-2H3,(H,41,49)(H,42,48,50)/t23-,27-,32?. The first-order valence-corrected chi connectivity index (χ1v) is 18.2. The van der Waals surface area contributed by atoms with Gasteiger partial charge in [0.1, 0.15) is 18.1 Å². The van der Waals surface area contributed by atoms with Crippen LogP contribution in [0.1, 0.15) is 85.3 Å². The second-order valence-electron chi connectivity index (χ2n) is 14.4. The van der Waals surface area contributed by atoms with Crippen molar-refractivity contribution in [1.29, 1.82) is 0 Å². The lowest BCUT2D eigenvalue weighted by atomic mass is 9.84. The molecular formula is C38H43N9O5. The summed E-state index contributed by atoms with van der Waals surface area (Å²) in [5, 5.41) is 11.2. The van der Waals surface area contributed by atoms with E-state index in [2.05, 4.69) is 42.4 Å². The average Bonchev–Trinajstić information content (AvgIpc) is 3.69. The monoisotopic (exact) mass is 705 g/mol. The summed E-state index contributed by atoms with van der Waals surface area (Å²) in [5.41, 5.74) is 4.35. The van der Waals surface area contributed by atoms with Crippen LogP contribution in [0.3, 0.4) is 0 Å². The molecule has 52 heavy (non-hydrogen) atoms. The Bertz CT molecular complexity index is 2210. The van der Waals surface area contributed by atoms with Crippen LogP contribution in [0.25, 0.3) is 21.9 Å². The number of hydrogen-bond donors (Lipinski definition) is 2. The second kappa shape index (κ2) is 14.0. The zero-order valence-electron chi connectivity index (χ0n) is 29.5. The fourth-order valence-electron chi connectivity index (χ4n) is 8.55. The van der Waals surface area contributed by atoms with Crippen molar-refractivity contribution in [2.24, 2.45) is 13.0 Å². The number of imide groups is 1. The molecule has 2 aromatic carbocycles. The van der Waals surface area contributed by atoms with E-state index in [1.165, 1.54) is 18.7 Å². The third kappa shape index (κ3) is 6.35. The number of imidazole rings is 1. The van der Waals surface area contributed by atoms with Crippen LogP contribution in [0.2, 0.25) is 0 Å². The molecule has 3 aromatic heterocycles. The molecule has 0 bridgehead atoms. The molecular weight excluding hydrogens is 662 g/mol. The predicted molar refractivity (Wildman–Crippen MR) is 194 cm³/mol. The molecule has 2 N–H and O–H groups in total. The van der Waals surface area contributed by atoms with E-state index in [0.29, 0.717) is 41.3 Å². The lowest BCUT2D eigenvalue weighted by Crippen LogP contribution is -2.44. The van der Waals surface area contributed by atoms with Crippen LogP contribution in [0.5, 0.6) is 5.75 Å². The first-order chi connectivity index (χ1) is 25.3. The highest BCUT2D eigenvalue weighted by Gasteiger charge is 2.33. The average molecular weight is 706 g/mol. The maximum atomic E-state index is 13.4. The molecule has 2 aliphatic heterocycles. The minimum atomic E-state index is -0.680. The van der Waals surface area contributed by atoms with Gasteiger partial charge in [-0.3, -0.25) is 33.5 Å². The molecule has 3 aliphatic rings. The Balaban J connectivity index is 0.880. The van der Waals surface area contributed by atoms with Gasteiger partial charge in [0.2, 0.25) is 11.8 Å². The Morgan fingerprint density at radius 3 is 2.50 bits per heavy atom. The number of carbonyl (C=O) groups excluding carboxylic acids is 3. The van der Waals surface area contributed by atoms with Crippen molar-refractivity contribution in [2.75, 3.05) is 32.1 Å². The molecule has 8 rings (SSSR count). The minimum Gasteiger partial charge on any atom is -0.494 e. The highest BCUT2D eigenvalue weighted by atomic mass is 16.5. The first-order valence-electron chi connectivity index (χ1n) is 18.2.